The molecule has 0 aliphatic rings. The average molecular weight is 358 g/mol. The van der Waals surface area contributed by atoms with Gasteiger partial charge in [-0.3, -0.25) is 4.98 Å². The number of para-hydroxylation sites is 1. The molecule has 0 unspecified atom stereocenters. The molecule has 0 saturated heterocycles. The summed E-state index contributed by atoms with van der Waals surface area (Å²) in [4.78, 5) is 11.5. The van der Waals surface area contributed by atoms with E-state index in [-0.39, 0.29) is 0 Å². The molecule has 26 heavy (non-hydrogen) atoms. The van der Waals surface area contributed by atoms with E-state index in [9.17, 15) is 0 Å². The van der Waals surface area contributed by atoms with Crippen LogP contribution in [0.4, 0.5) is 0 Å². The lowest BCUT2D eigenvalue weighted by atomic mass is 10.1. The maximum Gasteiger partial charge on any atom is 0.191 e. The van der Waals surface area contributed by atoms with Gasteiger partial charge in [0.1, 0.15) is 0 Å². The van der Waals surface area contributed by atoms with Gasteiger partial charge in [0.05, 0.1) is 12.1 Å². The third-order valence-electron chi connectivity index (χ3n) is 4.14. The van der Waals surface area contributed by atoms with E-state index in [0.717, 1.165) is 61.6 Å². The first-order valence-corrected chi connectivity index (χ1v) is 9.27. The summed E-state index contributed by atoms with van der Waals surface area (Å²) >= 11 is 0. The van der Waals surface area contributed by atoms with Crippen molar-refractivity contribution in [1.82, 2.24) is 20.5 Å². The van der Waals surface area contributed by atoms with Gasteiger partial charge in [-0.05, 0) is 32.0 Å². The van der Waals surface area contributed by atoms with Gasteiger partial charge in [-0.15, -0.1) is 0 Å². The molecular formula is C20H31N5O. The van der Waals surface area contributed by atoms with Crippen LogP contribution in [0, 0.1) is 0 Å². The lowest BCUT2D eigenvalue weighted by molar-refractivity contribution is 0.180. The highest BCUT2D eigenvalue weighted by molar-refractivity contribution is 5.83. The molecule has 0 saturated carbocycles. The summed E-state index contributed by atoms with van der Waals surface area (Å²) in [6.45, 7) is 7.17. The molecule has 6 heteroatoms. The minimum Gasteiger partial charge on any atom is -0.385 e. The molecule has 0 spiro atoms. The second kappa shape index (κ2) is 11.4. The van der Waals surface area contributed by atoms with Crippen LogP contribution in [0.5, 0.6) is 0 Å². The largest absolute Gasteiger partial charge is 0.385 e. The lowest BCUT2D eigenvalue weighted by Gasteiger charge is -2.18. The van der Waals surface area contributed by atoms with Crippen LogP contribution in [0.25, 0.3) is 10.9 Å². The number of methoxy groups -OCH3 is 1. The van der Waals surface area contributed by atoms with E-state index < -0.39 is 0 Å². The summed E-state index contributed by atoms with van der Waals surface area (Å²) in [5.41, 5.74) is 2.16. The number of rotatable bonds is 10. The summed E-state index contributed by atoms with van der Waals surface area (Å²) in [5.74, 6) is 0.839. The monoisotopic (exact) mass is 357 g/mol. The van der Waals surface area contributed by atoms with Crippen LogP contribution in [0.1, 0.15) is 18.9 Å². The Labute approximate surface area is 156 Å². The molecule has 0 atom stereocenters. The number of nitrogens with one attached hydrogen (secondary N) is 2. The van der Waals surface area contributed by atoms with Gasteiger partial charge in [-0.25, -0.2) is 4.99 Å². The highest BCUT2D eigenvalue weighted by Crippen LogP contribution is 2.16. The molecule has 6 nitrogen and oxygen atoms in total. The minimum atomic E-state index is 0.605. The first-order chi connectivity index (χ1) is 12.7. The van der Waals surface area contributed by atoms with Crippen LogP contribution < -0.4 is 10.6 Å². The molecule has 2 N–H and O–H groups in total. The predicted molar refractivity (Wildman–Crippen MR) is 109 cm³/mol. The Balaban J connectivity index is 1.89. The van der Waals surface area contributed by atoms with Crippen LogP contribution in [0.2, 0.25) is 0 Å². The number of hydrogen-bond acceptors (Lipinski definition) is 4. The van der Waals surface area contributed by atoms with E-state index in [1.807, 2.05) is 12.3 Å². The van der Waals surface area contributed by atoms with Crippen molar-refractivity contribution in [2.24, 2.45) is 4.99 Å². The number of guanidine groups is 1. The van der Waals surface area contributed by atoms with Crippen LogP contribution in [0.3, 0.4) is 0 Å². The molecule has 0 bridgehead atoms. The van der Waals surface area contributed by atoms with Crippen molar-refractivity contribution >= 4 is 16.9 Å². The zero-order valence-electron chi connectivity index (χ0n) is 16.2. The quantitative estimate of drug-likeness (QED) is 0.388. The SMILES string of the molecule is CCNC(=NCc1cccc2cccnc12)NCCN(C)CCCOC. The van der Waals surface area contributed by atoms with E-state index in [1.54, 1.807) is 7.11 Å². The van der Waals surface area contributed by atoms with Gasteiger partial charge >= 0.3 is 0 Å². The van der Waals surface area contributed by atoms with Gasteiger partial charge in [0.25, 0.3) is 0 Å². The number of pyridine rings is 1. The number of likely N-dealkylation sites (N-methyl/N-ethyl adjacent to an activating group) is 1. The summed E-state index contributed by atoms with van der Waals surface area (Å²) in [5, 5.41) is 7.86. The normalized spacial score (nSPS) is 11.9. The van der Waals surface area contributed by atoms with Gasteiger partial charge in [-0.1, -0.05) is 24.3 Å². The number of ether oxygens (including phenoxy) is 1. The smallest absolute Gasteiger partial charge is 0.191 e. The molecule has 2 aromatic rings. The molecule has 1 aromatic carbocycles. The number of aromatic nitrogens is 1. The zero-order valence-corrected chi connectivity index (χ0v) is 16.2. The predicted octanol–water partition coefficient (Wildman–Crippen LogP) is 2.26. The Morgan fingerprint density at radius 2 is 2.04 bits per heavy atom. The molecule has 0 amide bonds. The molecule has 0 aliphatic carbocycles. The molecule has 1 aromatic heterocycles. The van der Waals surface area contributed by atoms with Gasteiger partial charge in [0.2, 0.25) is 0 Å². The second-order valence-electron chi connectivity index (χ2n) is 6.26. The van der Waals surface area contributed by atoms with E-state index in [0.29, 0.717) is 6.54 Å². The zero-order chi connectivity index (χ0) is 18.6. The average Bonchev–Trinajstić information content (AvgIpc) is 2.66. The molecule has 142 valence electrons. The number of fused-ring (bicyclic) bond motifs is 1. The lowest BCUT2D eigenvalue weighted by Crippen LogP contribution is -2.41. The van der Waals surface area contributed by atoms with Gasteiger partial charge in [-0.2, -0.15) is 0 Å². The summed E-state index contributed by atoms with van der Waals surface area (Å²) in [6.07, 6.45) is 2.88. The Bertz CT molecular complexity index is 683. The number of nitrogens with zero attached hydrogens (tertiary/aromatic N) is 3. The van der Waals surface area contributed by atoms with Gasteiger partial charge < -0.3 is 20.3 Å². The fourth-order valence-corrected chi connectivity index (χ4v) is 2.76. The first kappa shape index (κ1) is 20.1. The molecule has 0 fully saturated rings. The van der Waals surface area contributed by atoms with E-state index >= 15 is 0 Å². The van der Waals surface area contributed by atoms with Crippen molar-refractivity contribution in [3.8, 4) is 0 Å². The molecular weight excluding hydrogens is 326 g/mol. The van der Waals surface area contributed by atoms with Crippen molar-refractivity contribution in [3.63, 3.8) is 0 Å². The summed E-state index contributed by atoms with van der Waals surface area (Å²) < 4.78 is 5.09. The first-order valence-electron chi connectivity index (χ1n) is 9.27. The maximum atomic E-state index is 5.09. The van der Waals surface area contributed by atoms with Crippen LogP contribution >= 0.6 is 0 Å². The van der Waals surface area contributed by atoms with Crippen LogP contribution in [-0.2, 0) is 11.3 Å². The Hall–Kier alpha value is -2.18. The summed E-state index contributed by atoms with van der Waals surface area (Å²) in [7, 11) is 3.87. The summed E-state index contributed by atoms with van der Waals surface area (Å²) in [6, 6.07) is 10.3. The van der Waals surface area contributed by atoms with Crippen molar-refractivity contribution in [2.45, 2.75) is 19.9 Å². The second-order valence-corrected chi connectivity index (χ2v) is 6.26. The Morgan fingerprint density at radius 1 is 1.19 bits per heavy atom. The maximum absolute atomic E-state index is 5.09. The molecule has 0 aliphatic heterocycles. The van der Waals surface area contributed by atoms with Crippen molar-refractivity contribution in [1.29, 1.82) is 0 Å². The number of hydrogen-bond donors (Lipinski definition) is 2. The molecule has 0 radical (unpaired) electrons. The van der Waals surface area contributed by atoms with E-state index in [4.69, 9.17) is 9.73 Å². The highest BCUT2D eigenvalue weighted by Gasteiger charge is 2.03. The topological polar surface area (TPSA) is 61.8 Å². The third kappa shape index (κ3) is 6.61. The van der Waals surface area contributed by atoms with Crippen molar-refractivity contribution in [2.75, 3.05) is 46.9 Å². The van der Waals surface area contributed by atoms with E-state index in [1.165, 1.54) is 0 Å². The van der Waals surface area contributed by atoms with Crippen LogP contribution in [0.15, 0.2) is 41.5 Å². The minimum absolute atomic E-state index is 0.605. The Kier molecular flexibility index (Phi) is 8.86. The third-order valence-corrected chi connectivity index (χ3v) is 4.14. The highest BCUT2D eigenvalue weighted by atomic mass is 16.5. The fraction of sp³-hybridized carbons (Fsp3) is 0.500. The molecule has 2 rings (SSSR count). The number of aliphatic imine (C=N–C) groups is 1. The standard InChI is InChI=1S/C20H31N5O/c1-4-21-20(23-12-14-25(2)13-7-15-26-3)24-16-18-9-5-8-17-10-6-11-22-19(17)18/h5-6,8-11H,4,7,12-16H2,1-3H3,(H2,21,23,24). The fourth-order valence-electron chi connectivity index (χ4n) is 2.76. The van der Waals surface area contributed by atoms with Crippen LogP contribution in [-0.4, -0.2) is 62.8 Å². The van der Waals surface area contributed by atoms with Crippen molar-refractivity contribution in [3.05, 3.63) is 42.1 Å². The van der Waals surface area contributed by atoms with Gasteiger partial charge in [0, 0.05) is 51.5 Å². The Morgan fingerprint density at radius 3 is 2.85 bits per heavy atom. The van der Waals surface area contributed by atoms with Gasteiger partial charge in [0.15, 0.2) is 5.96 Å². The van der Waals surface area contributed by atoms with E-state index in [2.05, 4.69) is 58.8 Å². The molecule has 1 heterocycles. The van der Waals surface area contributed by atoms with Crippen molar-refractivity contribution < 1.29 is 4.74 Å². The number of benzene rings is 1.